The van der Waals surface area contributed by atoms with Gasteiger partial charge in [-0.2, -0.15) is 0 Å². The van der Waals surface area contributed by atoms with E-state index in [1.165, 1.54) is 12.5 Å². The summed E-state index contributed by atoms with van der Waals surface area (Å²) in [5.41, 5.74) is 2.12. The molecule has 1 fully saturated rings. The van der Waals surface area contributed by atoms with E-state index in [-0.39, 0.29) is 29.7 Å². The van der Waals surface area contributed by atoms with E-state index in [1.54, 1.807) is 0 Å². The van der Waals surface area contributed by atoms with E-state index in [1.807, 2.05) is 32.0 Å². The van der Waals surface area contributed by atoms with Gasteiger partial charge in [-0.05, 0) is 31.2 Å². The van der Waals surface area contributed by atoms with Gasteiger partial charge in [-0.25, -0.2) is 12.7 Å². The normalized spacial score (nSPS) is 22.9. The molecule has 2 aromatic rings. The van der Waals surface area contributed by atoms with Crippen LogP contribution in [0.25, 0.3) is 11.0 Å². The van der Waals surface area contributed by atoms with Crippen molar-refractivity contribution in [3.8, 4) is 0 Å². The first kappa shape index (κ1) is 19.5. The van der Waals surface area contributed by atoms with Crippen LogP contribution in [0.3, 0.4) is 0 Å². The summed E-state index contributed by atoms with van der Waals surface area (Å²) in [4.78, 5) is 14.7. The van der Waals surface area contributed by atoms with Crippen LogP contribution in [-0.4, -0.2) is 48.4 Å². The van der Waals surface area contributed by atoms with E-state index in [0.717, 1.165) is 40.5 Å². The summed E-state index contributed by atoms with van der Waals surface area (Å²) in [7, 11) is -3.63. The average Bonchev–Trinajstić information content (AvgIpc) is 2.99. The maximum absolute atomic E-state index is 12.9. The lowest BCUT2D eigenvalue weighted by Gasteiger charge is -2.44. The van der Waals surface area contributed by atoms with Gasteiger partial charge >= 0.3 is 0 Å². The highest BCUT2D eigenvalue weighted by Gasteiger charge is 2.42. The summed E-state index contributed by atoms with van der Waals surface area (Å²) >= 11 is 0. The molecular formula is C21H28N2O4S. The van der Waals surface area contributed by atoms with Crippen molar-refractivity contribution in [3.63, 3.8) is 0 Å². The van der Waals surface area contributed by atoms with Gasteiger partial charge in [0.25, 0.3) is 0 Å². The summed E-state index contributed by atoms with van der Waals surface area (Å²) in [5.74, 6) is 0.526. The Morgan fingerprint density at radius 2 is 2.04 bits per heavy atom. The molecule has 2 unspecified atom stereocenters. The number of carbonyl (C=O) groups is 1. The van der Waals surface area contributed by atoms with Gasteiger partial charge in [0.2, 0.25) is 15.9 Å². The predicted molar refractivity (Wildman–Crippen MR) is 108 cm³/mol. The Hall–Kier alpha value is -1.86. The van der Waals surface area contributed by atoms with Crippen LogP contribution in [0.5, 0.6) is 0 Å². The Labute approximate surface area is 166 Å². The van der Waals surface area contributed by atoms with Crippen LogP contribution in [0.4, 0.5) is 0 Å². The highest BCUT2D eigenvalue weighted by molar-refractivity contribution is 7.89. The van der Waals surface area contributed by atoms with Crippen molar-refractivity contribution >= 4 is 26.9 Å². The third-order valence-corrected chi connectivity index (χ3v) is 8.10. The molecule has 0 radical (unpaired) electrons. The summed E-state index contributed by atoms with van der Waals surface area (Å²) in [6.45, 7) is 6.79. The van der Waals surface area contributed by atoms with E-state index in [9.17, 15) is 13.2 Å². The van der Waals surface area contributed by atoms with Crippen molar-refractivity contribution in [1.29, 1.82) is 0 Å². The molecule has 0 saturated carbocycles. The van der Waals surface area contributed by atoms with Crippen molar-refractivity contribution in [2.45, 2.75) is 52.1 Å². The SMILES string of the molecule is CC(=O)N(C1CCN2CCc3c(oc4ccccc34)C2C1)S(=O)(=O)CC(C)C. The smallest absolute Gasteiger partial charge is 0.237 e. The molecule has 1 aromatic carbocycles. The Bertz CT molecular complexity index is 995. The van der Waals surface area contributed by atoms with Gasteiger partial charge < -0.3 is 4.42 Å². The molecule has 1 aromatic heterocycles. The van der Waals surface area contributed by atoms with Crippen LogP contribution in [0.1, 0.15) is 51.0 Å². The molecule has 28 heavy (non-hydrogen) atoms. The third-order valence-electron chi connectivity index (χ3n) is 5.85. The second-order valence-electron chi connectivity index (χ2n) is 8.41. The van der Waals surface area contributed by atoms with Gasteiger partial charge in [0.05, 0.1) is 17.8 Å². The molecule has 0 aliphatic carbocycles. The fourth-order valence-electron chi connectivity index (χ4n) is 4.83. The van der Waals surface area contributed by atoms with Gasteiger partial charge in [-0.1, -0.05) is 32.0 Å². The Morgan fingerprint density at radius 1 is 1.29 bits per heavy atom. The van der Waals surface area contributed by atoms with Crippen molar-refractivity contribution in [2.24, 2.45) is 5.92 Å². The van der Waals surface area contributed by atoms with Gasteiger partial charge in [0, 0.05) is 31.0 Å². The first-order chi connectivity index (χ1) is 13.3. The standard InChI is InChI=1S/C21H28N2O4S/c1-14(2)13-28(25,26)23(15(3)24)16-8-10-22-11-9-18-17-6-4-5-7-20(17)27-21(18)19(22)12-16/h4-7,14,16,19H,8-13H2,1-3H3. The number of furan rings is 1. The number of benzene rings is 1. The molecule has 2 atom stereocenters. The van der Waals surface area contributed by atoms with E-state index < -0.39 is 10.0 Å². The number of rotatable bonds is 4. The summed E-state index contributed by atoms with van der Waals surface area (Å²) in [5, 5.41) is 1.15. The van der Waals surface area contributed by atoms with E-state index >= 15 is 0 Å². The van der Waals surface area contributed by atoms with E-state index in [2.05, 4.69) is 11.0 Å². The number of amides is 1. The monoisotopic (exact) mass is 404 g/mol. The van der Waals surface area contributed by atoms with Gasteiger partial charge in [0.1, 0.15) is 11.3 Å². The summed E-state index contributed by atoms with van der Waals surface area (Å²) in [6, 6.07) is 7.75. The minimum Gasteiger partial charge on any atom is -0.459 e. The maximum atomic E-state index is 12.9. The van der Waals surface area contributed by atoms with Crippen LogP contribution >= 0.6 is 0 Å². The zero-order valence-electron chi connectivity index (χ0n) is 16.7. The molecular weight excluding hydrogens is 376 g/mol. The predicted octanol–water partition coefficient (Wildman–Crippen LogP) is 3.33. The van der Waals surface area contributed by atoms with Gasteiger partial charge in [-0.3, -0.25) is 9.69 Å². The minimum absolute atomic E-state index is 0.00660. The highest BCUT2D eigenvalue weighted by atomic mass is 32.2. The Balaban J connectivity index is 1.67. The molecule has 1 amide bonds. The third kappa shape index (κ3) is 3.35. The number of fused-ring (bicyclic) bond motifs is 5. The maximum Gasteiger partial charge on any atom is 0.237 e. The zero-order chi connectivity index (χ0) is 20.1. The topological polar surface area (TPSA) is 70.8 Å². The van der Waals surface area contributed by atoms with Crippen LogP contribution in [0.15, 0.2) is 28.7 Å². The number of carbonyl (C=O) groups excluding carboxylic acids is 1. The number of hydrogen-bond acceptors (Lipinski definition) is 5. The molecule has 7 heteroatoms. The van der Waals surface area contributed by atoms with E-state index in [4.69, 9.17) is 4.42 Å². The van der Waals surface area contributed by atoms with Crippen molar-refractivity contribution in [1.82, 2.24) is 9.21 Å². The number of sulfonamides is 1. The quantitative estimate of drug-likeness (QED) is 0.782. The lowest BCUT2D eigenvalue weighted by Crippen LogP contribution is -2.52. The first-order valence-electron chi connectivity index (χ1n) is 10.0. The first-order valence-corrected chi connectivity index (χ1v) is 11.7. The summed E-state index contributed by atoms with van der Waals surface area (Å²) < 4.78 is 33.2. The number of nitrogens with zero attached hydrogens (tertiary/aromatic N) is 2. The number of para-hydroxylation sites is 1. The largest absolute Gasteiger partial charge is 0.459 e. The lowest BCUT2D eigenvalue weighted by molar-refractivity contribution is -0.126. The highest BCUT2D eigenvalue weighted by Crippen LogP contribution is 2.42. The van der Waals surface area contributed by atoms with Crippen molar-refractivity contribution in [2.75, 3.05) is 18.8 Å². The van der Waals surface area contributed by atoms with Gasteiger partial charge in [-0.15, -0.1) is 0 Å². The van der Waals surface area contributed by atoms with Crippen molar-refractivity contribution in [3.05, 3.63) is 35.6 Å². The second-order valence-corrected chi connectivity index (χ2v) is 10.3. The summed E-state index contributed by atoms with van der Waals surface area (Å²) in [6.07, 6.45) is 2.20. The van der Waals surface area contributed by atoms with Crippen LogP contribution in [-0.2, 0) is 21.2 Å². The molecule has 2 aliphatic heterocycles. The minimum atomic E-state index is -3.63. The molecule has 0 spiro atoms. The Morgan fingerprint density at radius 3 is 2.75 bits per heavy atom. The Kier molecular flexibility index (Phi) is 5.00. The average molecular weight is 405 g/mol. The van der Waals surface area contributed by atoms with Gasteiger partial charge in [0.15, 0.2) is 0 Å². The molecule has 0 bridgehead atoms. The molecule has 0 N–H and O–H groups in total. The lowest BCUT2D eigenvalue weighted by atomic mass is 9.89. The second kappa shape index (κ2) is 7.19. The van der Waals surface area contributed by atoms with Crippen LogP contribution in [0.2, 0.25) is 0 Å². The molecule has 3 heterocycles. The molecule has 152 valence electrons. The molecule has 4 rings (SSSR count). The van der Waals surface area contributed by atoms with Crippen LogP contribution < -0.4 is 0 Å². The van der Waals surface area contributed by atoms with Crippen LogP contribution in [0, 0.1) is 5.92 Å². The number of hydrogen-bond donors (Lipinski definition) is 0. The fraction of sp³-hybridized carbons (Fsp3) is 0.571. The fourth-order valence-corrected chi connectivity index (χ4v) is 6.87. The van der Waals surface area contributed by atoms with Crippen molar-refractivity contribution < 1.29 is 17.6 Å². The zero-order valence-corrected chi connectivity index (χ0v) is 17.5. The molecule has 1 saturated heterocycles. The van der Waals surface area contributed by atoms with E-state index in [0.29, 0.717) is 12.8 Å². The molecule has 6 nitrogen and oxygen atoms in total. The molecule has 2 aliphatic rings. The number of piperidine rings is 1.